The monoisotopic (exact) mass is 564 g/mol. The number of benzene rings is 1. The molecule has 8 nitrogen and oxygen atoms in total. The van der Waals surface area contributed by atoms with E-state index in [0.29, 0.717) is 34.8 Å². The molecule has 3 aliphatic rings. The first-order valence-electron chi connectivity index (χ1n) is 14.9. The fraction of sp³-hybridized carbons (Fsp3) is 0.516. The van der Waals surface area contributed by atoms with Crippen LogP contribution < -0.4 is 15.5 Å². The van der Waals surface area contributed by atoms with Gasteiger partial charge in [0.25, 0.3) is 0 Å². The number of likely N-dealkylation sites (N-methyl/N-ethyl adjacent to an activating group) is 1. The SMILES string of the molecule is CC.CCN1C2CCC1CN(Cc1ccc(Nc3ncc(F)c(-c4cc(F)c5c(c4)N(C(C)C)C(C)N5)n3)nc1)C2. The van der Waals surface area contributed by atoms with E-state index in [1.165, 1.54) is 18.9 Å². The van der Waals surface area contributed by atoms with E-state index in [-0.39, 0.29) is 23.8 Å². The molecule has 2 aromatic heterocycles. The minimum absolute atomic E-state index is 0.0370. The second kappa shape index (κ2) is 12.2. The van der Waals surface area contributed by atoms with E-state index in [1.54, 1.807) is 6.07 Å². The summed E-state index contributed by atoms with van der Waals surface area (Å²) in [6, 6.07) is 8.51. The zero-order valence-electron chi connectivity index (χ0n) is 25.0. The van der Waals surface area contributed by atoms with Gasteiger partial charge in [-0.15, -0.1) is 0 Å². The minimum atomic E-state index is -0.615. The summed E-state index contributed by atoms with van der Waals surface area (Å²) in [7, 11) is 0. The van der Waals surface area contributed by atoms with Crippen LogP contribution >= 0.6 is 0 Å². The molecule has 2 N–H and O–H groups in total. The first-order chi connectivity index (χ1) is 19.8. The molecule has 3 atom stereocenters. The van der Waals surface area contributed by atoms with E-state index in [9.17, 15) is 4.39 Å². The number of nitrogens with one attached hydrogen (secondary N) is 2. The largest absolute Gasteiger partial charge is 0.361 e. The lowest BCUT2D eigenvalue weighted by molar-refractivity contribution is 0.0669. The highest BCUT2D eigenvalue weighted by atomic mass is 19.1. The molecule has 2 bridgehead atoms. The number of pyridine rings is 1. The fourth-order valence-corrected chi connectivity index (χ4v) is 6.61. The molecule has 5 heterocycles. The van der Waals surface area contributed by atoms with Crippen LogP contribution in [0.5, 0.6) is 0 Å². The average molecular weight is 565 g/mol. The van der Waals surface area contributed by atoms with Gasteiger partial charge in [-0.1, -0.05) is 26.8 Å². The third-order valence-electron chi connectivity index (χ3n) is 8.24. The van der Waals surface area contributed by atoms with Crippen LogP contribution in [0.3, 0.4) is 0 Å². The molecule has 0 saturated carbocycles. The maximum Gasteiger partial charge on any atom is 0.229 e. The Labute approximate surface area is 242 Å². The summed E-state index contributed by atoms with van der Waals surface area (Å²) in [4.78, 5) is 20.3. The number of likely N-dealkylation sites (tertiary alicyclic amines) is 1. The molecule has 0 radical (unpaired) electrons. The van der Waals surface area contributed by atoms with Gasteiger partial charge in [0.05, 0.1) is 23.7 Å². The summed E-state index contributed by atoms with van der Waals surface area (Å²) in [5.74, 6) is -0.287. The Morgan fingerprint density at radius 3 is 2.39 bits per heavy atom. The summed E-state index contributed by atoms with van der Waals surface area (Å²) < 4.78 is 29.9. The zero-order chi connectivity index (χ0) is 29.3. The highest BCUT2D eigenvalue weighted by Crippen LogP contribution is 2.41. The lowest BCUT2D eigenvalue weighted by Crippen LogP contribution is -2.53. The highest BCUT2D eigenvalue weighted by molar-refractivity contribution is 5.82. The smallest absolute Gasteiger partial charge is 0.229 e. The van der Waals surface area contributed by atoms with E-state index in [1.807, 2.05) is 46.9 Å². The number of anilines is 4. The van der Waals surface area contributed by atoms with Crippen molar-refractivity contribution >= 4 is 23.1 Å². The van der Waals surface area contributed by atoms with Crippen molar-refractivity contribution < 1.29 is 8.78 Å². The molecular formula is C31H42F2N8. The van der Waals surface area contributed by atoms with Gasteiger partial charge >= 0.3 is 0 Å². The Kier molecular flexibility index (Phi) is 8.70. The third-order valence-corrected chi connectivity index (χ3v) is 8.24. The van der Waals surface area contributed by atoms with Gasteiger partial charge in [0.2, 0.25) is 5.95 Å². The Morgan fingerprint density at radius 1 is 1.02 bits per heavy atom. The van der Waals surface area contributed by atoms with Crippen molar-refractivity contribution in [1.29, 1.82) is 0 Å². The molecule has 3 aliphatic heterocycles. The molecule has 10 heteroatoms. The first-order valence-corrected chi connectivity index (χ1v) is 14.9. The van der Waals surface area contributed by atoms with Crippen LogP contribution in [-0.2, 0) is 6.54 Å². The van der Waals surface area contributed by atoms with Crippen LogP contribution in [-0.4, -0.2) is 68.7 Å². The van der Waals surface area contributed by atoms with Crippen LogP contribution in [0.4, 0.5) is 31.9 Å². The second-order valence-electron chi connectivity index (χ2n) is 11.1. The number of aromatic nitrogens is 3. The van der Waals surface area contributed by atoms with Crippen molar-refractivity contribution in [2.45, 2.75) is 85.2 Å². The average Bonchev–Trinajstić information content (AvgIpc) is 3.43. The number of hydrogen-bond donors (Lipinski definition) is 2. The number of piperazine rings is 1. The van der Waals surface area contributed by atoms with Crippen molar-refractivity contribution in [3.63, 3.8) is 0 Å². The zero-order valence-corrected chi connectivity index (χ0v) is 25.0. The van der Waals surface area contributed by atoms with E-state index in [2.05, 4.69) is 53.3 Å². The van der Waals surface area contributed by atoms with E-state index >= 15 is 4.39 Å². The minimum Gasteiger partial charge on any atom is -0.361 e. The van der Waals surface area contributed by atoms with Crippen LogP contribution in [0.2, 0.25) is 0 Å². The van der Waals surface area contributed by atoms with Gasteiger partial charge in [-0.3, -0.25) is 9.80 Å². The van der Waals surface area contributed by atoms with Crippen LogP contribution in [0, 0.1) is 11.6 Å². The van der Waals surface area contributed by atoms with Gasteiger partial charge in [-0.25, -0.2) is 23.7 Å². The number of hydrogen-bond acceptors (Lipinski definition) is 8. The van der Waals surface area contributed by atoms with Crippen LogP contribution in [0.25, 0.3) is 11.3 Å². The van der Waals surface area contributed by atoms with Crippen molar-refractivity contribution in [2.75, 3.05) is 35.2 Å². The van der Waals surface area contributed by atoms with E-state index in [0.717, 1.165) is 37.9 Å². The maximum atomic E-state index is 15.0. The molecule has 2 fully saturated rings. The van der Waals surface area contributed by atoms with Crippen LogP contribution in [0.15, 0.2) is 36.7 Å². The van der Waals surface area contributed by atoms with Gasteiger partial charge in [-0.2, -0.15) is 0 Å². The summed E-state index contributed by atoms with van der Waals surface area (Å²) in [6.07, 6.45) is 5.49. The molecule has 1 aromatic carbocycles. The maximum absolute atomic E-state index is 15.0. The van der Waals surface area contributed by atoms with Crippen molar-refractivity contribution in [1.82, 2.24) is 24.8 Å². The number of nitrogens with zero attached hydrogens (tertiary/aromatic N) is 6. The van der Waals surface area contributed by atoms with Crippen LogP contribution in [0.1, 0.15) is 59.9 Å². The molecule has 3 aromatic rings. The molecule has 0 aliphatic carbocycles. The highest BCUT2D eigenvalue weighted by Gasteiger charge is 2.38. The topological polar surface area (TPSA) is 72.5 Å². The number of halogens is 2. The van der Waals surface area contributed by atoms with Gasteiger partial charge in [0, 0.05) is 49.5 Å². The lowest BCUT2D eigenvalue weighted by atomic mass is 10.1. The Balaban J connectivity index is 0.00000165. The number of rotatable bonds is 7. The summed E-state index contributed by atoms with van der Waals surface area (Å²) >= 11 is 0. The first kappa shape index (κ1) is 29.1. The van der Waals surface area contributed by atoms with E-state index in [4.69, 9.17) is 0 Å². The Bertz CT molecular complexity index is 1330. The standard InChI is InChI=1S/C29H36F2N8.C2H6/c1-5-38-21-7-8-22(38)16-37(15-21)14-19-6-9-26(32-12-19)35-29-33-13-24(31)27(36-29)20-10-23(30)28-25(11-20)39(17(2)3)18(4)34-28;1-2/h6,9-13,17-18,21-22,34H,5,7-8,14-16H2,1-4H3,(H,32,33,35,36);1-2H3. The quantitative estimate of drug-likeness (QED) is 0.349. The summed E-state index contributed by atoms with van der Waals surface area (Å²) in [5.41, 5.74) is 2.67. The van der Waals surface area contributed by atoms with Crippen molar-refractivity contribution in [3.05, 3.63) is 53.9 Å². The third kappa shape index (κ3) is 5.85. The predicted octanol–water partition coefficient (Wildman–Crippen LogP) is 6.24. The van der Waals surface area contributed by atoms with Gasteiger partial charge < -0.3 is 15.5 Å². The predicted molar refractivity (Wildman–Crippen MR) is 161 cm³/mol. The van der Waals surface area contributed by atoms with Gasteiger partial charge in [0.15, 0.2) is 5.82 Å². The van der Waals surface area contributed by atoms with Gasteiger partial charge in [0.1, 0.15) is 17.3 Å². The second-order valence-corrected chi connectivity index (χ2v) is 11.1. The summed E-state index contributed by atoms with van der Waals surface area (Å²) in [5, 5.41) is 6.25. The van der Waals surface area contributed by atoms with E-state index < -0.39 is 11.6 Å². The molecule has 3 unspecified atom stereocenters. The molecule has 220 valence electrons. The number of fused-ring (bicyclic) bond motifs is 3. The van der Waals surface area contributed by atoms with Crippen molar-refractivity contribution in [3.8, 4) is 11.3 Å². The molecule has 2 saturated heterocycles. The molecule has 41 heavy (non-hydrogen) atoms. The Morgan fingerprint density at radius 2 is 1.76 bits per heavy atom. The normalized spacial score (nSPS) is 21.9. The lowest BCUT2D eigenvalue weighted by Gasteiger charge is -2.40. The molecule has 0 amide bonds. The summed E-state index contributed by atoms with van der Waals surface area (Å²) in [6.45, 7) is 16.5. The molecule has 6 rings (SSSR count). The van der Waals surface area contributed by atoms with Crippen molar-refractivity contribution in [2.24, 2.45) is 0 Å². The molecular weight excluding hydrogens is 522 g/mol. The molecule has 0 spiro atoms. The van der Waals surface area contributed by atoms with Gasteiger partial charge in [-0.05, 0) is 63.9 Å². The Hall–Kier alpha value is -3.37. The fourth-order valence-electron chi connectivity index (χ4n) is 6.61.